The van der Waals surface area contributed by atoms with Crippen LogP contribution in [0.3, 0.4) is 0 Å². The van der Waals surface area contributed by atoms with Gasteiger partial charge >= 0.3 is 0 Å². The smallest absolute Gasteiger partial charge is 0.178 e. The molecule has 3 nitrogen and oxygen atoms in total. The van der Waals surface area contributed by atoms with E-state index in [0.29, 0.717) is 22.4 Å². The van der Waals surface area contributed by atoms with Gasteiger partial charge in [-0.25, -0.2) is 4.39 Å². The van der Waals surface area contributed by atoms with Crippen molar-refractivity contribution in [3.8, 4) is 0 Å². The van der Waals surface area contributed by atoms with Gasteiger partial charge in [-0.2, -0.15) is 0 Å². The zero-order chi connectivity index (χ0) is 11.7. The van der Waals surface area contributed by atoms with Crippen molar-refractivity contribution in [2.75, 3.05) is 13.7 Å². The first-order chi connectivity index (χ1) is 7.63. The quantitative estimate of drug-likeness (QED) is 0.882. The maximum absolute atomic E-state index is 13.4. The number of benzene rings is 1. The molecule has 0 atom stereocenters. The van der Waals surface area contributed by atoms with Crippen LogP contribution in [0.1, 0.15) is 0 Å². The second-order valence-electron chi connectivity index (χ2n) is 3.36. The monoisotopic (exact) mass is 304 g/mol. The number of aromatic amines is 1. The van der Waals surface area contributed by atoms with Crippen molar-refractivity contribution >= 4 is 39.2 Å². The maximum Gasteiger partial charge on any atom is 0.178 e. The van der Waals surface area contributed by atoms with Gasteiger partial charge in [-0.05, 0) is 34.2 Å². The van der Waals surface area contributed by atoms with Crippen molar-refractivity contribution in [3.05, 3.63) is 27.2 Å². The minimum absolute atomic E-state index is 0.298. The second-order valence-corrected chi connectivity index (χ2v) is 4.60. The third-order valence-corrected chi connectivity index (χ3v) is 3.27. The molecule has 2 rings (SSSR count). The van der Waals surface area contributed by atoms with Gasteiger partial charge in [-0.1, -0.05) is 0 Å². The van der Waals surface area contributed by atoms with E-state index in [4.69, 9.17) is 17.0 Å². The summed E-state index contributed by atoms with van der Waals surface area (Å²) >= 11 is 8.31. The highest BCUT2D eigenvalue weighted by Gasteiger charge is 2.08. The van der Waals surface area contributed by atoms with Crippen molar-refractivity contribution in [2.24, 2.45) is 0 Å². The summed E-state index contributed by atoms with van der Waals surface area (Å²) in [6.07, 6.45) is 0. The van der Waals surface area contributed by atoms with Gasteiger partial charge in [0, 0.05) is 19.7 Å². The third kappa shape index (κ3) is 2.05. The number of halogens is 2. The van der Waals surface area contributed by atoms with E-state index >= 15 is 0 Å². The molecule has 1 aromatic carbocycles. The molecule has 1 heterocycles. The number of nitrogens with one attached hydrogen (secondary N) is 1. The first-order valence-corrected chi connectivity index (χ1v) is 5.90. The Bertz CT molecular complexity index is 578. The molecular formula is C10H10BrFN2OS. The van der Waals surface area contributed by atoms with Crippen molar-refractivity contribution in [1.82, 2.24) is 9.55 Å². The normalized spacial score (nSPS) is 11.2. The molecule has 0 fully saturated rings. The summed E-state index contributed by atoms with van der Waals surface area (Å²) in [5.74, 6) is -0.298. The zero-order valence-corrected chi connectivity index (χ0v) is 11.0. The van der Waals surface area contributed by atoms with Gasteiger partial charge in [0.2, 0.25) is 0 Å². The molecule has 2 aromatic rings. The van der Waals surface area contributed by atoms with Gasteiger partial charge in [0.15, 0.2) is 4.77 Å². The molecule has 0 unspecified atom stereocenters. The largest absolute Gasteiger partial charge is 0.383 e. The lowest BCUT2D eigenvalue weighted by molar-refractivity contribution is 0.188. The van der Waals surface area contributed by atoms with Crippen molar-refractivity contribution in [3.63, 3.8) is 0 Å². The molecular weight excluding hydrogens is 295 g/mol. The predicted octanol–water partition coefficient (Wildman–Crippen LogP) is 3.25. The van der Waals surface area contributed by atoms with Gasteiger partial charge in [0.05, 0.1) is 22.1 Å². The minimum atomic E-state index is -0.298. The number of hydrogen-bond donors (Lipinski definition) is 1. The molecule has 0 spiro atoms. The minimum Gasteiger partial charge on any atom is -0.383 e. The van der Waals surface area contributed by atoms with Crippen LogP contribution in [-0.4, -0.2) is 23.3 Å². The number of hydrogen-bond acceptors (Lipinski definition) is 2. The van der Waals surface area contributed by atoms with Crippen molar-refractivity contribution in [1.29, 1.82) is 0 Å². The predicted molar refractivity (Wildman–Crippen MR) is 66.7 cm³/mol. The number of methoxy groups -OCH3 is 1. The van der Waals surface area contributed by atoms with E-state index < -0.39 is 0 Å². The Kier molecular flexibility index (Phi) is 3.41. The van der Waals surface area contributed by atoms with Crippen LogP contribution >= 0.6 is 28.1 Å². The Hall–Kier alpha value is -0.720. The lowest BCUT2D eigenvalue weighted by Crippen LogP contribution is -2.04. The van der Waals surface area contributed by atoms with E-state index in [2.05, 4.69) is 20.9 Å². The Balaban J connectivity index is 2.60. The molecule has 0 radical (unpaired) electrons. The fourth-order valence-corrected chi connectivity index (χ4v) is 2.20. The SMILES string of the molecule is COCCn1c(=S)[nH]c2cc(Br)c(F)cc21. The topological polar surface area (TPSA) is 29.9 Å². The average Bonchev–Trinajstić information content (AvgIpc) is 2.52. The maximum atomic E-state index is 13.4. The Morgan fingerprint density at radius 1 is 1.56 bits per heavy atom. The molecule has 86 valence electrons. The fourth-order valence-electron chi connectivity index (χ4n) is 1.56. The Labute approximate surface area is 105 Å². The number of imidazole rings is 1. The molecule has 0 aliphatic carbocycles. The van der Waals surface area contributed by atoms with Crippen molar-refractivity contribution < 1.29 is 9.13 Å². The lowest BCUT2D eigenvalue weighted by Gasteiger charge is -2.03. The van der Waals surface area contributed by atoms with Crippen LogP contribution in [0, 0.1) is 10.6 Å². The molecule has 6 heteroatoms. The highest BCUT2D eigenvalue weighted by atomic mass is 79.9. The third-order valence-electron chi connectivity index (χ3n) is 2.34. The molecule has 1 N–H and O–H groups in total. The fraction of sp³-hybridized carbons (Fsp3) is 0.300. The summed E-state index contributed by atoms with van der Waals surface area (Å²) in [6, 6.07) is 3.14. The van der Waals surface area contributed by atoms with E-state index in [1.807, 2.05) is 4.57 Å². The second kappa shape index (κ2) is 4.65. The number of fused-ring (bicyclic) bond motifs is 1. The van der Waals surface area contributed by atoms with Crippen LogP contribution in [0.2, 0.25) is 0 Å². The van der Waals surface area contributed by atoms with Gasteiger partial charge in [0.25, 0.3) is 0 Å². The van der Waals surface area contributed by atoms with Crippen LogP contribution in [0.5, 0.6) is 0 Å². The average molecular weight is 305 g/mol. The number of rotatable bonds is 3. The summed E-state index contributed by atoms with van der Waals surface area (Å²) in [5, 5.41) is 0. The van der Waals surface area contributed by atoms with E-state index in [9.17, 15) is 4.39 Å². The standard InChI is InChI=1S/C10H10BrFN2OS/c1-15-3-2-14-9-5-7(12)6(11)4-8(9)13-10(14)16/h4-5H,2-3H2,1H3,(H,13,16). The van der Waals surface area contributed by atoms with E-state index in [-0.39, 0.29) is 5.82 Å². The summed E-state index contributed by atoms with van der Waals surface area (Å²) in [7, 11) is 1.62. The number of ether oxygens (including phenoxy) is 1. The molecule has 0 aliphatic rings. The van der Waals surface area contributed by atoms with Gasteiger partial charge in [-0.3, -0.25) is 0 Å². The first kappa shape index (κ1) is 11.8. The molecule has 0 saturated carbocycles. The molecule has 16 heavy (non-hydrogen) atoms. The van der Waals surface area contributed by atoms with Crippen LogP contribution in [0.15, 0.2) is 16.6 Å². The molecule has 0 amide bonds. The van der Waals surface area contributed by atoms with Crippen molar-refractivity contribution in [2.45, 2.75) is 6.54 Å². The number of nitrogens with zero attached hydrogens (tertiary/aromatic N) is 1. The summed E-state index contributed by atoms with van der Waals surface area (Å²) < 4.78 is 21.2. The Morgan fingerprint density at radius 2 is 2.31 bits per heavy atom. The van der Waals surface area contributed by atoms with Gasteiger partial charge < -0.3 is 14.3 Å². The highest BCUT2D eigenvalue weighted by Crippen LogP contribution is 2.23. The van der Waals surface area contributed by atoms with Crippen LogP contribution in [0.4, 0.5) is 4.39 Å². The molecule has 0 saturated heterocycles. The van der Waals surface area contributed by atoms with Crippen LogP contribution in [-0.2, 0) is 11.3 Å². The number of H-pyrrole nitrogens is 1. The zero-order valence-electron chi connectivity index (χ0n) is 8.59. The lowest BCUT2D eigenvalue weighted by atomic mass is 10.3. The van der Waals surface area contributed by atoms with Crippen LogP contribution in [0.25, 0.3) is 11.0 Å². The number of aromatic nitrogens is 2. The van der Waals surface area contributed by atoms with Crippen LogP contribution < -0.4 is 0 Å². The summed E-state index contributed by atoms with van der Waals surface area (Å²) in [6.45, 7) is 1.15. The van der Waals surface area contributed by atoms with Gasteiger partial charge in [-0.15, -0.1) is 0 Å². The molecule has 1 aromatic heterocycles. The van der Waals surface area contributed by atoms with E-state index in [1.54, 1.807) is 13.2 Å². The van der Waals surface area contributed by atoms with Gasteiger partial charge in [0.1, 0.15) is 5.82 Å². The van der Waals surface area contributed by atoms with E-state index in [1.165, 1.54) is 6.07 Å². The summed E-state index contributed by atoms with van der Waals surface area (Å²) in [4.78, 5) is 3.03. The first-order valence-electron chi connectivity index (χ1n) is 4.70. The summed E-state index contributed by atoms with van der Waals surface area (Å²) in [5.41, 5.74) is 1.57. The highest BCUT2D eigenvalue weighted by molar-refractivity contribution is 9.10. The molecule has 0 bridgehead atoms. The molecule has 0 aliphatic heterocycles. The van der Waals surface area contributed by atoms with E-state index in [0.717, 1.165) is 11.0 Å². The Morgan fingerprint density at radius 3 is 3.00 bits per heavy atom.